The first-order valence-corrected chi connectivity index (χ1v) is 6.77. The van der Waals surface area contributed by atoms with Crippen molar-refractivity contribution in [1.82, 2.24) is 4.90 Å². The summed E-state index contributed by atoms with van der Waals surface area (Å²) in [5, 5.41) is 0. The average Bonchev–Trinajstić information content (AvgIpc) is 3.15. The van der Waals surface area contributed by atoms with Crippen molar-refractivity contribution in [1.29, 1.82) is 0 Å². The number of aryl methyl sites for hydroxylation is 1. The Morgan fingerprint density at radius 3 is 2.65 bits per heavy atom. The van der Waals surface area contributed by atoms with E-state index in [0.717, 1.165) is 5.92 Å². The zero-order valence-electron chi connectivity index (χ0n) is 10.7. The molecule has 0 N–H and O–H groups in total. The van der Waals surface area contributed by atoms with Crippen LogP contribution in [0, 0.1) is 18.9 Å². The second-order valence-electron chi connectivity index (χ2n) is 5.44. The van der Waals surface area contributed by atoms with Gasteiger partial charge in [0.2, 0.25) is 0 Å². The van der Waals surface area contributed by atoms with Crippen LogP contribution in [0.2, 0.25) is 0 Å². The molecule has 1 aliphatic heterocycles. The zero-order chi connectivity index (χ0) is 11.7. The van der Waals surface area contributed by atoms with Crippen molar-refractivity contribution in [3.05, 3.63) is 29.8 Å². The van der Waals surface area contributed by atoms with Crippen LogP contribution in [0.25, 0.3) is 0 Å². The molecule has 0 aromatic heterocycles. The first-order valence-electron chi connectivity index (χ1n) is 6.77. The zero-order valence-corrected chi connectivity index (χ0v) is 10.7. The maximum Gasteiger partial charge on any atom is 0.0397 e. The standard InChI is InChI=1S/C15H21N2/c1-13-4-2-3-5-15(13)17-10-8-16(9-11-17)12-14-6-7-14/h3-5,14H,6-12H2,1H3. The highest BCUT2D eigenvalue weighted by atomic mass is 15.3. The minimum absolute atomic E-state index is 1.02. The number of rotatable bonds is 3. The van der Waals surface area contributed by atoms with Gasteiger partial charge in [-0.15, -0.1) is 0 Å². The van der Waals surface area contributed by atoms with Gasteiger partial charge in [-0.3, -0.25) is 4.90 Å². The molecule has 0 spiro atoms. The van der Waals surface area contributed by atoms with Crippen LogP contribution in [-0.2, 0) is 0 Å². The fourth-order valence-corrected chi connectivity index (χ4v) is 2.70. The van der Waals surface area contributed by atoms with Crippen molar-refractivity contribution in [3.63, 3.8) is 0 Å². The fraction of sp³-hybridized carbons (Fsp3) is 0.600. The van der Waals surface area contributed by atoms with Crippen LogP contribution in [0.15, 0.2) is 18.2 Å². The molecule has 0 atom stereocenters. The predicted octanol–water partition coefficient (Wildman–Crippen LogP) is 2.33. The molecule has 0 bridgehead atoms. The molecule has 2 aliphatic rings. The van der Waals surface area contributed by atoms with Crippen molar-refractivity contribution < 1.29 is 0 Å². The molecular formula is C15H21N2. The summed E-state index contributed by atoms with van der Waals surface area (Å²) in [5.74, 6) is 1.02. The summed E-state index contributed by atoms with van der Waals surface area (Å²) in [6.07, 6.45) is 2.93. The van der Waals surface area contributed by atoms with Crippen molar-refractivity contribution in [3.8, 4) is 0 Å². The van der Waals surface area contributed by atoms with Crippen molar-refractivity contribution in [2.75, 3.05) is 37.6 Å². The van der Waals surface area contributed by atoms with E-state index in [-0.39, 0.29) is 0 Å². The Hall–Kier alpha value is -1.02. The van der Waals surface area contributed by atoms with Gasteiger partial charge in [0.1, 0.15) is 0 Å². The number of hydrogen-bond acceptors (Lipinski definition) is 2. The molecule has 91 valence electrons. The SMILES string of the molecule is Cc1c[c]ccc1N1CCN(CC2CC2)CC1. The molecule has 2 heteroatoms. The van der Waals surface area contributed by atoms with Gasteiger partial charge in [0, 0.05) is 38.4 Å². The van der Waals surface area contributed by atoms with Crippen LogP contribution in [0.1, 0.15) is 18.4 Å². The molecule has 1 aromatic rings. The average molecular weight is 229 g/mol. The second-order valence-corrected chi connectivity index (χ2v) is 5.44. The largest absolute Gasteiger partial charge is 0.369 e. The van der Waals surface area contributed by atoms with E-state index in [2.05, 4.69) is 34.9 Å². The maximum atomic E-state index is 3.15. The Balaban J connectivity index is 1.58. The summed E-state index contributed by atoms with van der Waals surface area (Å²) in [5.41, 5.74) is 2.75. The van der Waals surface area contributed by atoms with Crippen molar-refractivity contribution in [2.45, 2.75) is 19.8 Å². The van der Waals surface area contributed by atoms with Gasteiger partial charge in [-0.05, 0) is 49.4 Å². The van der Waals surface area contributed by atoms with E-state index < -0.39 is 0 Å². The summed E-state index contributed by atoms with van der Waals surface area (Å²) in [6.45, 7) is 8.34. The van der Waals surface area contributed by atoms with Gasteiger partial charge in [-0.25, -0.2) is 0 Å². The van der Waals surface area contributed by atoms with Gasteiger partial charge in [-0.2, -0.15) is 0 Å². The van der Waals surface area contributed by atoms with Crippen LogP contribution in [0.3, 0.4) is 0 Å². The maximum absolute atomic E-state index is 3.15. The normalized spacial score (nSPS) is 21.8. The highest BCUT2D eigenvalue weighted by molar-refractivity contribution is 5.53. The first-order chi connectivity index (χ1) is 8.33. The lowest BCUT2D eigenvalue weighted by molar-refractivity contribution is 0.248. The third-order valence-corrected chi connectivity index (χ3v) is 3.97. The highest BCUT2D eigenvalue weighted by Gasteiger charge is 2.26. The Kier molecular flexibility index (Phi) is 3.06. The summed E-state index contributed by atoms with van der Waals surface area (Å²) in [4.78, 5) is 5.16. The topological polar surface area (TPSA) is 6.48 Å². The quantitative estimate of drug-likeness (QED) is 0.785. The third kappa shape index (κ3) is 2.63. The van der Waals surface area contributed by atoms with Gasteiger partial charge in [-0.1, -0.05) is 6.07 Å². The summed E-state index contributed by atoms with van der Waals surface area (Å²) in [6, 6.07) is 9.46. The van der Waals surface area contributed by atoms with E-state index in [1.54, 1.807) is 0 Å². The van der Waals surface area contributed by atoms with Gasteiger partial charge in [0.15, 0.2) is 0 Å². The Labute approximate surface area is 104 Å². The second kappa shape index (κ2) is 4.69. The predicted molar refractivity (Wildman–Crippen MR) is 71.4 cm³/mol. The van der Waals surface area contributed by atoms with E-state index in [0.29, 0.717) is 0 Å². The molecular weight excluding hydrogens is 208 g/mol. The molecule has 1 saturated carbocycles. The van der Waals surface area contributed by atoms with Gasteiger partial charge >= 0.3 is 0 Å². The van der Waals surface area contributed by atoms with Gasteiger partial charge < -0.3 is 4.90 Å². The van der Waals surface area contributed by atoms with Crippen LogP contribution in [0.5, 0.6) is 0 Å². The number of benzene rings is 1. The molecule has 3 rings (SSSR count). The Morgan fingerprint density at radius 2 is 2.00 bits per heavy atom. The van der Waals surface area contributed by atoms with E-state index in [1.807, 2.05) is 6.07 Å². The van der Waals surface area contributed by atoms with E-state index in [1.165, 1.54) is 56.8 Å². The minimum Gasteiger partial charge on any atom is -0.369 e. The lowest BCUT2D eigenvalue weighted by atomic mass is 10.1. The van der Waals surface area contributed by atoms with E-state index in [4.69, 9.17) is 0 Å². The van der Waals surface area contributed by atoms with Crippen LogP contribution < -0.4 is 4.90 Å². The molecule has 1 radical (unpaired) electrons. The minimum atomic E-state index is 1.02. The number of nitrogens with zero attached hydrogens (tertiary/aromatic N) is 2. The first kappa shape index (κ1) is 11.1. The highest BCUT2D eigenvalue weighted by Crippen LogP contribution is 2.30. The molecule has 1 aliphatic carbocycles. The number of piperazine rings is 1. The summed E-state index contributed by atoms with van der Waals surface area (Å²) >= 11 is 0. The van der Waals surface area contributed by atoms with Gasteiger partial charge in [0.25, 0.3) is 0 Å². The molecule has 1 aromatic carbocycles. The fourth-order valence-electron chi connectivity index (χ4n) is 2.70. The molecule has 1 saturated heterocycles. The molecule has 0 unspecified atom stereocenters. The third-order valence-electron chi connectivity index (χ3n) is 3.97. The van der Waals surface area contributed by atoms with Crippen molar-refractivity contribution in [2.24, 2.45) is 5.92 Å². The van der Waals surface area contributed by atoms with Crippen LogP contribution >= 0.6 is 0 Å². The van der Waals surface area contributed by atoms with E-state index in [9.17, 15) is 0 Å². The lowest BCUT2D eigenvalue weighted by Crippen LogP contribution is -2.47. The molecule has 1 heterocycles. The van der Waals surface area contributed by atoms with Crippen molar-refractivity contribution >= 4 is 5.69 Å². The monoisotopic (exact) mass is 229 g/mol. The Bertz CT molecular complexity index is 376. The number of anilines is 1. The van der Waals surface area contributed by atoms with Gasteiger partial charge in [0.05, 0.1) is 0 Å². The Morgan fingerprint density at radius 1 is 1.24 bits per heavy atom. The summed E-state index contributed by atoms with van der Waals surface area (Å²) < 4.78 is 0. The molecule has 17 heavy (non-hydrogen) atoms. The van der Waals surface area contributed by atoms with E-state index >= 15 is 0 Å². The number of hydrogen-bond donors (Lipinski definition) is 0. The summed E-state index contributed by atoms with van der Waals surface area (Å²) in [7, 11) is 0. The molecule has 2 fully saturated rings. The lowest BCUT2D eigenvalue weighted by Gasteiger charge is -2.36. The van der Waals surface area contributed by atoms with Crippen LogP contribution in [-0.4, -0.2) is 37.6 Å². The van der Waals surface area contributed by atoms with Crippen LogP contribution in [0.4, 0.5) is 5.69 Å². The smallest absolute Gasteiger partial charge is 0.0397 e. The molecule has 0 amide bonds. The molecule has 2 nitrogen and oxygen atoms in total.